The van der Waals surface area contributed by atoms with Crippen molar-refractivity contribution in [3.63, 3.8) is 0 Å². The van der Waals surface area contributed by atoms with Crippen LogP contribution in [0.4, 0.5) is 43.2 Å². The van der Waals surface area contributed by atoms with Gasteiger partial charge in [0.25, 0.3) is 0 Å². The zero-order chi connectivity index (χ0) is 47.8. The number of aromatic nitrogens is 4. The number of morpholine rings is 2. The Bertz CT molecular complexity index is 2560. The number of hydrogen-bond donors (Lipinski definition) is 4. The first-order valence-corrected chi connectivity index (χ1v) is 22.6. The van der Waals surface area contributed by atoms with Crippen LogP contribution in [0.5, 0.6) is 11.5 Å². The van der Waals surface area contributed by atoms with E-state index in [0.29, 0.717) is 80.9 Å². The molecule has 16 nitrogen and oxygen atoms in total. The monoisotopic (exact) mass is 970 g/mol. The second-order valence-electron chi connectivity index (χ2n) is 15.4. The summed E-state index contributed by atoms with van der Waals surface area (Å²) in [6.07, 6.45) is 6.87. The van der Waals surface area contributed by atoms with Crippen molar-refractivity contribution in [1.82, 2.24) is 29.7 Å². The number of nitrogens with zero attached hydrogens (tertiary/aromatic N) is 6. The van der Waals surface area contributed by atoms with Gasteiger partial charge in [0.1, 0.15) is 47.4 Å². The van der Waals surface area contributed by atoms with Gasteiger partial charge in [-0.15, -0.1) is 0 Å². The highest BCUT2D eigenvalue weighted by molar-refractivity contribution is 6.31. The van der Waals surface area contributed by atoms with E-state index < -0.39 is 11.6 Å². The highest BCUT2D eigenvalue weighted by Gasteiger charge is 2.17. The summed E-state index contributed by atoms with van der Waals surface area (Å²) in [5, 5.41) is 13.1. The Morgan fingerprint density at radius 1 is 0.632 bits per heavy atom. The van der Waals surface area contributed by atoms with E-state index in [-0.39, 0.29) is 21.9 Å². The number of fused-ring (bicyclic) bond motifs is 2. The second-order valence-corrected chi connectivity index (χ2v) is 16.2. The fourth-order valence-corrected chi connectivity index (χ4v) is 7.54. The molecule has 2 aliphatic rings. The van der Waals surface area contributed by atoms with E-state index in [1.807, 2.05) is 0 Å². The van der Waals surface area contributed by atoms with Crippen molar-refractivity contribution in [2.24, 2.45) is 0 Å². The minimum absolute atomic E-state index is 0.00457. The molecule has 68 heavy (non-hydrogen) atoms. The highest BCUT2D eigenvalue weighted by Crippen LogP contribution is 2.36. The number of rotatable bonds is 18. The van der Waals surface area contributed by atoms with Crippen molar-refractivity contribution < 1.29 is 37.3 Å². The van der Waals surface area contributed by atoms with Gasteiger partial charge in [0, 0.05) is 73.5 Å². The SMILES string of the molecule is C=CC(=O)Nc1cc2c(Nc3ccc(F)c(Cl)c3)ncnc2cc1OCCCN1CCOCC1.C=CC(=O)Nc1cc2c(Nc3ccc(F)c(Cl)c3)ncnc2cc1OCCCN1CCOCC1. The average Bonchev–Trinajstić information content (AvgIpc) is 3.35. The quantitative estimate of drug-likeness (QED) is 0.0475. The van der Waals surface area contributed by atoms with E-state index in [1.165, 1.54) is 49.1 Å². The number of hydrogen-bond acceptors (Lipinski definition) is 14. The summed E-state index contributed by atoms with van der Waals surface area (Å²) in [5.74, 6) is 0.192. The van der Waals surface area contributed by atoms with Gasteiger partial charge in [0.15, 0.2) is 0 Å². The van der Waals surface area contributed by atoms with Gasteiger partial charge in [0.2, 0.25) is 11.8 Å². The number of nitrogens with one attached hydrogen (secondary N) is 4. The second kappa shape index (κ2) is 24.5. The van der Waals surface area contributed by atoms with Crippen LogP contribution in [0.15, 0.2) is 98.6 Å². The largest absolute Gasteiger partial charge is 0.491 e. The van der Waals surface area contributed by atoms with Crippen LogP contribution in [0, 0.1) is 11.6 Å². The molecular formula is C48H50Cl2F2N10O6. The molecule has 0 saturated carbocycles. The summed E-state index contributed by atoms with van der Waals surface area (Å²) in [4.78, 5) is 46.1. The molecule has 2 aliphatic heterocycles. The first-order chi connectivity index (χ1) is 33.1. The predicted molar refractivity (Wildman–Crippen MR) is 261 cm³/mol. The zero-order valence-corrected chi connectivity index (χ0v) is 38.6. The van der Waals surface area contributed by atoms with Crippen molar-refractivity contribution in [3.05, 3.63) is 120 Å². The molecule has 4 N–H and O–H groups in total. The molecule has 20 heteroatoms. The number of carbonyl (C=O) groups is 2. The maximum Gasteiger partial charge on any atom is 0.247 e. The molecule has 0 bridgehead atoms. The third kappa shape index (κ3) is 13.8. The summed E-state index contributed by atoms with van der Waals surface area (Å²) in [6.45, 7) is 16.5. The molecule has 0 aliphatic carbocycles. The van der Waals surface area contributed by atoms with Gasteiger partial charge >= 0.3 is 0 Å². The van der Waals surface area contributed by atoms with E-state index >= 15 is 0 Å². The van der Waals surface area contributed by atoms with Crippen LogP contribution in [0.25, 0.3) is 21.8 Å². The van der Waals surface area contributed by atoms with Crippen LogP contribution in [0.3, 0.4) is 0 Å². The zero-order valence-electron chi connectivity index (χ0n) is 37.0. The highest BCUT2D eigenvalue weighted by atomic mass is 35.5. The Morgan fingerprint density at radius 3 is 1.43 bits per heavy atom. The molecule has 0 atom stereocenters. The van der Waals surface area contributed by atoms with Crippen LogP contribution in [0.1, 0.15) is 12.8 Å². The van der Waals surface area contributed by atoms with Gasteiger partial charge in [-0.25, -0.2) is 28.7 Å². The van der Waals surface area contributed by atoms with Crippen molar-refractivity contribution in [1.29, 1.82) is 0 Å². The number of halogens is 4. The van der Waals surface area contributed by atoms with Crippen LogP contribution in [-0.4, -0.2) is 120 Å². The molecule has 4 heterocycles. The first-order valence-electron chi connectivity index (χ1n) is 21.8. The molecule has 2 saturated heterocycles. The third-order valence-electron chi connectivity index (χ3n) is 10.7. The Labute approximate surface area is 401 Å². The molecule has 4 aromatic carbocycles. The summed E-state index contributed by atoms with van der Waals surface area (Å²) in [6, 6.07) is 15.6. The Kier molecular flexibility index (Phi) is 17.8. The number of ether oxygens (including phenoxy) is 4. The fourth-order valence-electron chi connectivity index (χ4n) is 7.18. The van der Waals surface area contributed by atoms with Crippen LogP contribution in [0.2, 0.25) is 10.0 Å². The van der Waals surface area contributed by atoms with Crippen LogP contribution >= 0.6 is 23.2 Å². The molecule has 6 aromatic rings. The van der Waals surface area contributed by atoms with Crippen molar-refractivity contribution >= 4 is 91.2 Å². The van der Waals surface area contributed by atoms with Gasteiger partial charge in [-0.2, -0.15) is 0 Å². The lowest BCUT2D eigenvalue weighted by molar-refractivity contribution is -0.112. The van der Waals surface area contributed by atoms with Crippen molar-refractivity contribution in [3.8, 4) is 11.5 Å². The van der Waals surface area contributed by atoms with E-state index in [1.54, 1.807) is 36.4 Å². The summed E-state index contributed by atoms with van der Waals surface area (Å²) in [5.41, 5.74) is 3.30. The van der Waals surface area contributed by atoms with Crippen molar-refractivity contribution in [2.75, 3.05) is 100 Å². The predicted octanol–water partition coefficient (Wildman–Crippen LogP) is 8.78. The molecule has 8 rings (SSSR count). The van der Waals surface area contributed by atoms with E-state index in [2.05, 4.69) is 64.2 Å². The maximum atomic E-state index is 13.5. The minimum atomic E-state index is -0.510. The number of benzene rings is 4. The van der Waals surface area contributed by atoms with Crippen molar-refractivity contribution in [2.45, 2.75) is 12.8 Å². The molecular weight excluding hydrogens is 921 g/mol. The van der Waals surface area contributed by atoms with E-state index in [0.717, 1.165) is 78.5 Å². The van der Waals surface area contributed by atoms with E-state index in [9.17, 15) is 18.4 Å². The molecule has 2 aromatic heterocycles. The Morgan fingerprint density at radius 2 is 1.04 bits per heavy atom. The fraction of sp³-hybridized carbons (Fsp3) is 0.292. The lowest BCUT2D eigenvalue weighted by Gasteiger charge is -2.26. The van der Waals surface area contributed by atoms with Gasteiger partial charge in [-0.1, -0.05) is 36.4 Å². The molecule has 0 radical (unpaired) electrons. The standard InChI is InChI=1S/2C24H25ClFN5O3/c2*1-2-23(32)30-21-13-17-20(14-22(21)34-9-3-6-31-7-10-33-11-8-31)27-15-28-24(17)29-16-4-5-19(26)18(25)12-16/h2*2,4-5,12-15H,1,3,6-11H2,(H,30,32)(H,27,28,29). The first kappa shape index (κ1) is 49.4. The summed E-state index contributed by atoms with van der Waals surface area (Å²) in [7, 11) is 0. The third-order valence-corrected chi connectivity index (χ3v) is 11.3. The maximum absolute atomic E-state index is 13.5. The molecule has 2 amide bonds. The Balaban J connectivity index is 0.000000201. The van der Waals surface area contributed by atoms with Gasteiger partial charge in [0.05, 0.1) is 72.1 Å². The number of carbonyl (C=O) groups excluding carboxylic acids is 2. The average molecular weight is 972 g/mol. The topological polar surface area (TPSA) is 177 Å². The van der Waals surface area contributed by atoms with Crippen LogP contribution in [-0.2, 0) is 19.1 Å². The minimum Gasteiger partial charge on any atom is -0.491 e. The molecule has 0 spiro atoms. The smallest absolute Gasteiger partial charge is 0.247 e. The summed E-state index contributed by atoms with van der Waals surface area (Å²) >= 11 is 11.8. The summed E-state index contributed by atoms with van der Waals surface area (Å²) < 4.78 is 49.8. The lowest BCUT2D eigenvalue weighted by atomic mass is 10.1. The van der Waals surface area contributed by atoms with Gasteiger partial charge < -0.3 is 40.2 Å². The normalized spacial score (nSPS) is 14.1. The molecule has 0 unspecified atom stereocenters. The lowest BCUT2D eigenvalue weighted by Crippen LogP contribution is -2.37. The molecule has 356 valence electrons. The van der Waals surface area contributed by atoms with Gasteiger partial charge in [-0.3, -0.25) is 19.4 Å². The van der Waals surface area contributed by atoms with E-state index in [4.69, 9.17) is 42.1 Å². The van der Waals surface area contributed by atoms with Gasteiger partial charge in [-0.05, 0) is 73.5 Å². The number of amides is 2. The Hall–Kier alpha value is -6.54. The number of anilines is 6. The molecule has 2 fully saturated rings. The van der Waals surface area contributed by atoms with Crippen LogP contribution < -0.4 is 30.7 Å².